The number of hydrogen-bond donors (Lipinski definition) is 5. The molecule has 0 radical (unpaired) electrons. The predicted molar refractivity (Wildman–Crippen MR) is 408 cm³/mol. The predicted octanol–water partition coefficient (Wildman–Crippen LogP) is 11.2. The van der Waals surface area contributed by atoms with Gasteiger partial charge >= 0.3 is 107 Å². The van der Waals surface area contributed by atoms with Gasteiger partial charge in [-0.05, 0) is 165 Å². The van der Waals surface area contributed by atoms with Crippen LogP contribution in [0.2, 0.25) is 0 Å². The van der Waals surface area contributed by atoms with Gasteiger partial charge in [0.15, 0.2) is 20.6 Å². The normalized spacial score (nSPS) is 12.3. The van der Waals surface area contributed by atoms with Crippen molar-refractivity contribution in [2.24, 2.45) is 0 Å². The summed E-state index contributed by atoms with van der Waals surface area (Å²) in [5.41, 5.74) is 3.60. The van der Waals surface area contributed by atoms with Crippen molar-refractivity contribution in [3.63, 3.8) is 0 Å². The minimum Gasteiger partial charge on any atom is -1.00 e. The summed E-state index contributed by atoms with van der Waals surface area (Å²) in [4.78, 5) is 45.5. The molecular formula is C68H67Br4CaKN14O8S4. The number of halogens is 4. The van der Waals surface area contributed by atoms with Crippen LogP contribution in [-0.2, 0) is 19.2 Å². The van der Waals surface area contributed by atoms with Crippen molar-refractivity contribution in [3.8, 4) is 22.7 Å². The summed E-state index contributed by atoms with van der Waals surface area (Å²) < 4.78 is 5.30. The molecule has 12 aromatic rings. The molecule has 5 heterocycles. The van der Waals surface area contributed by atoms with Gasteiger partial charge in [0.25, 0.3) is 0 Å². The van der Waals surface area contributed by atoms with Crippen LogP contribution < -0.4 is 67.1 Å². The third kappa shape index (κ3) is 20.5. The molecule has 1 aliphatic rings. The average Bonchev–Trinajstić information content (AvgIpc) is 1.57. The molecule has 5 N–H and O–H groups in total. The molecule has 0 bridgehead atoms. The van der Waals surface area contributed by atoms with Crippen LogP contribution in [-0.4, -0.2) is 181 Å². The van der Waals surface area contributed by atoms with Crippen LogP contribution in [0, 0.1) is 0 Å². The fraction of sp³-hybridized carbons (Fsp3) is 0.235. The first-order valence-corrected chi connectivity index (χ1v) is 36.5. The first-order chi connectivity index (χ1) is 46.6. The van der Waals surface area contributed by atoms with Gasteiger partial charge in [-0.2, -0.15) is 0 Å². The zero-order valence-corrected chi connectivity index (χ0v) is 70.5. The zero-order chi connectivity index (χ0) is 70.7. The van der Waals surface area contributed by atoms with Crippen molar-refractivity contribution in [1.82, 2.24) is 69.7 Å². The van der Waals surface area contributed by atoms with Gasteiger partial charge in [0.1, 0.15) is 14.2 Å². The minimum atomic E-state index is -1.15. The van der Waals surface area contributed by atoms with Gasteiger partial charge in [-0.25, -0.2) is 0 Å². The number of hydrogen-bond acceptors (Lipinski definition) is 19. The first kappa shape index (κ1) is 82.7. The standard InChI is InChI=1S/4C16H14BrN3O2S.C4H10N2.Ca.K.2H/c4*1-16(2,13(21)22)23-15-19-18-14(17)20(15)12-9-5-7-10-6-3-4-8-11(10)12;1-2-6-4-3-5-1;;;;/h4*3-9H,1-2H3,(H,21,22);5-6H,1-4H2;;;;/q;;;;;+2;+1;2*-1/p-1. The van der Waals surface area contributed by atoms with E-state index in [1.54, 1.807) is 60.0 Å². The molecule has 22 nitrogen and oxygen atoms in total. The first-order valence-electron chi connectivity index (χ1n) is 30.1. The number of thioether (sulfide) groups is 4. The fourth-order valence-corrected chi connectivity index (χ4v) is 15.2. The number of carbonyl (C=O) groups is 4. The summed E-state index contributed by atoms with van der Waals surface area (Å²) in [5.74, 6) is -3.84. The van der Waals surface area contributed by atoms with Crippen molar-refractivity contribution in [3.05, 3.63) is 189 Å². The van der Waals surface area contributed by atoms with Gasteiger partial charge < -0.3 is 38.7 Å². The van der Waals surface area contributed by atoms with Gasteiger partial charge in [-0.1, -0.05) is 193 Å². The Kier molecular flexibility index (Phi) is 30.5. The quantitative estimate of drug-likeness (QED) is 0.0443. The molecule has 0 atom stereocenters. The van der Waals surface area contributed by atoms with Gasteiger partial charge in [0.05, 0.1) is 33.5 Å². The number of carboxylic acids is 4. The molecule has 0 spiro atoms. The molecule has 0 aliphatic carbocycles. The smallest absolute Gasteiger partial charge is 1.00 e. The Hall–Kier alpha value is -4.62. The van der Waals surface area contributed by atoms with Crippen LogP contribution in [0.5, 0.6) is 0 Å². The molecule has 1 aliphatic heterocycles. The van der Waals surface area contributed by atoms with Crippen LogP contribution in [0.25, 0.3) is 65.8 Å². The van der Waals surface area contributed by atoms with E-state index in [0.717, 1.165) is 139 Å². The number of carbonyl (C=O) groups excluding carboxylic acids is 1. The molecule has 0 amide bonds. The number of aromatic nitrogens is 12. The van der Waals surface area contributed by atoms with Crippen molar-refractivity contribution in [2.45, 2.75) is 95.0 Å². The van der Waals surface area contributed by atoms with Crippen LogP contribution in [0.1, 0.15) is 58.2 Å². The SMILES string of the molecule is C1CNCCN1.CC(C)(Sc1nnc(Br)n1-c1cccc2ccccc12)C(=O)O.CC(C)(Sc1nnc(Br)n1-c1cccc2ccccc12)C(=O)O.CC(C)(Sc1nnc(Br)n1-c1cccc2ccccc12)C(=O)O.CC(C)(Sc1nnc(Br)n1-c1cccc2ccccc12)C(=O)[O-].[Ca+2].[H-].[H-].[K+]. The third-order valence-corrected chi connectivity index (χ3v) is 21.4. The van der Waals surface area contributed by atoms with E-state index in [2.05, 4.69) is 115 Å². The summed E-state index contributed by atoms with van der Waals surface area (Å²) in [6.45, 7) is 17.6. The summed E-state index contributed by atoms with van der Waals surface area (Å²) >= 11 is 18.2. The van der Waals surface area contributed by atoms with Crippen molar-refractivity contribution in [1.29, 1.82) is 0 Å². The van der Waals surface area contributed by atoms with E-state index in [9.17, 15) is 39.6 Å². The summed E-state index contributed by atoms with van der Waals surface area (Å²) in [6.07, 6.45) is 0. The second-order valence-corrected chi connectivity index (χ2v) is 32.7. The molecule has 1 fully saturated rings. The largest absolute Gasteiger partial charge is 2.00 e. The molecule has 32 heteroatoms. The Morgan fingerprint density at radius 2 is 0.570 bits per heavy atom. The van der Waals surface area contributed by atoms with Gasteiger partial charge in [0.2, 0.25) is 18.9 Å². The van der Waals surface area contributed by atoms with Crippen LogP contribution in [0.4, 0.5) is 0 Å². The van der Waals surface area contributed by atoms with Crippen molar-refractivity contribution in [2.75, 3.05) is 26.2 Å². The van der Waals surface area contributed by atoms with E-state index >= 15 is 0 Å². The molecule has 13 rings (SSSR count). The second kappa shape index (κ2) is 36.9. The summed E-state index contributed by atoms with van der Waals surface area (Å²) in [7, 11) is 0. The molecule has 0 unspecified atom stereocenters. The Labute approximate surface area is 702 Å². The summed E-state index contributed by atoms with van der Waals surface area (Å²) in [6, 6.07) is 55.8. The van der Waals surface area contributed by atoms with Crippen LogP contribution >= 0.6 is 111 Å². The molecule has 8 aromatic carbocycles. The zero-order valence-electron chi connectivity index (χ0n) is 57.6. The van der Waals surface area contributed by atoms with E-state index < -0.39 is 42.9 Å². The van der Waals surface area contributed by atoms with Gasteiger partial charge in [0, 0.05) is 47.7 Å². The number of benzene rings is 8. The molecule has 4 aromatic heterocycles. The number of piperazine rings is 1. The maximum absolute atomic E-state index is 11.4. The molecular weight excluding hydrogens is 1670 g/mol. The van der Waals surface area contributed by atoms with E-state index in [-0.39, 0.29) is 92.0 Å². The average molecular weight is 1740 g/mol. The molecule has 100 heavy (non-hydrogen) atoms. The van der Waals surface area contributed by atoms with Gasteiger partial charge in [-0.3, -0.25) is 32.7 Å². The van der Waals surface area contributed by atoms with Crippen LogP contribution in [0.3, 0.4) is 0 Å². The van der Waals surface area contributed by atoms with E-state index in [4.69, 9.17) is 0 Å². The Morgan fingerprint density at radius 3 is 0.770 bits per heavy atom. The fourth-order valence-electron chi connectivity index (χ4n) is 9.39. The second-order valence-electron chi connectivity index (χ2n) is 23.5. The molecule has 0 saturated carbocycles. The number of nitrogens with one attached hydrogen (secondary N) is 2. The topological polar surface area (TPSA) is 299 Å². The van der Waals surface area contributed by atoms with E-state index in [1.807, 2.05) is 184 Å². The number of aliphatic carboxylic acids is 4. The maximum atomic E-state index is 11.4. The van der Waals surface area contributed by atoms with E-state index in [0.29, 0.717) is 39.6 Å². The van der Waals surface area contributed by atoms with Crippen LogP contribution in [0.15, 0.2) is 209 Å². The Morgan fingerprint density at radius 1 is 0.370 bits per heavy atom. The number of carboxylic acid groups (broad SMARTS) is 4. The van der Waals surface area contributed by atoms with Crippen molar-refractivity contribution >= 4 is 215 Å². The molecule has 512 valence electrons. The number of fused-ring (bicyclic) bond motifs is 4. The van der Waals surface area contributed by atoms with Gasteiger partial charge in [-0.15, -0.1) is 40.8 Å². The monoisotopic (exact) mass is 1730 g/mol. The molecule has 1 saturated heterocycles. The summed E-state index contributed by atoms with van der Waals surface area (Å²) in [5, 5.41) is 89.1. The van der Waals surface area contributed by atoms with E-state index in [1.165, 1.54) is 0 Å². The number of rotatable bonds is 16. The Bertz CT molecular complexity index is 4280. The minimum absolute atomic E-state index is 0. The third-order valence-electron chi connectivity index (χ3n) is 14.8. The Balaban J connectivity index is 0.000000235. The number of nitrogens with zero attached hydrogens (tertiary/aromatic N) is 12. The van der Waals surface area contributed by atoms with Crippen molar-refractivity contribution < 1.29 is 93.8 Å². The maximum Gasteiger partial charge on any atom is 2.00 e.